The molecule has 0 saturated heterocycles. The van der Waals surface area contributed by atoms with Crippen molar-refractivity contribution in [3.05, 3.63) is 124 Å². The van der Waals surface area contributed by atoms with Gasteiger partial charge in [-0.25, -0.2) is 8.42 Å². The molecule has 196 valence electrons. The number of ether oxygens (including phenoxy) is 1. The first-order valence-electron chi connectivity index (χ1n) is 11.9. The second kappa shape index (κ2) is 12.9. The number of sulfonamides is 1. The van der Waals surface area contributed by atoms with Crippen LogP contribution in [0.1, 0.15) is 11.1 Å². The van der Waals surface area contributed by atoms with Gasteiger partial charge in [-0.2, -0.15) is 4.31 Å². The summed E-state index contributed by atoms with van der Waals surface area (Å²) in [5, 5.41) is 3.03. The van der Waals surface area contributed by atoms with E-state index in [4.69, 9.17) is 27.9 Å². The van der Waals surface area contributed by atoms with Crippen molar-refractivity contribution in [3.63, 3.8) is 0 Å². The Labute approximate surface area is 232 Å². The Morgan fingerprint density at radius 1 is 0.816 bits per heavy atom. The summed E-state index contributed by atoms with van der Waals surface area (Å²) in [5.74, 6) is 0.159. The number of anilines is 1. The molecule has 0 atom stereocenters. The lowest BCUT2D eigenvalue weighted by atomic mass is 10.1. The summed E-state index contributed by atoms with van der Waals surface area (Å²) in [7, 11) is -4.12. The van der Waals surface area contributed by atoms with Crippen molar-refractivity contribution < 1.29 is 17.9 Å². The molecule has 0 unspecified atom stereocenters. The zero-order valence-corrected chi connectivity index (χ0v) is 22.7. The largest absolute Gasteiger partial charge is 0.489 e. The number of halogens is 2. The molecule has 6 nitrogen and oxygen atoms in total. The van der Waals surface area contributed by atoms with E-state index in [1.165, 1.54) is 18.2 Å². The van der Waals surface area contributed by atoms with Crippen LogP contribution in [0.4, 0.5) is 5.69 Å². The lowest BCUT2D eigenvalue weighted by molar-refractivity contribution is -0.116. The lowest BCUT2D eigenvalue weighted by Crippen LogP contribution is -2.39. The molecule has 0 spiro atoms. The van der Waals surface area contributed by atoms with Gasteiger partial charge in [-0.1, -0.05) is 83.9 Å². The van der Waals surface area contributed by atoms with Gasteiger partial charge in [-0.3, -0.25) is 4.79 Å². The number of amides is 1. The number of carbonyl (C=O) groups is 1. The first kappa shape index (κ1) is 27.7. The molecule has 0 heterocycles. The molecule has 0 aliphatic carbocycles. The van der Waals surface area contributed by atoms with Crippen LogP contribution in [0.2, 0.25) is 10.0 Å². The van der Waals surface area contributed by atoms with E-state index >= 15 is 0 Å². The molecule has 0 saturated carbocycles. The van der Waals surface area contributed by atoms with Gasteiger partial charge in [0.2, 0.25) is 15.9 Å². The van der Waals surface area contributed by atoms with Gasteiger partial charge in [0.15, 0.2) is 0 Å². The van der Waals surface area contributed by atoms with Crippen LogP contribution in [0.3, 0.4) is 0 Å². The average molecular weight is 570 g/mol. The summed E-state index contributed by atoms with van der Waals surface area (Å²) in [5.41, 5.74) is 2.50. The highest BCUT2D eigenvalue weighted by Crippen LogP contribution is 2.28. The van der Waals surface area contributed by atoms with Gasteiger partial charge in [0.05, 0.1) is 11.6 Å². The average Bonchev–Trinajstić information content (AvgIpc) is 2.93. The van der Waals surface area contributed by atoms with Crippen molar-refractivity contribution in [2.45, 2.75) is 17.9 Å². The van der Waals surface area contributed by atoms with E-state index < -0.39 is 22.5 Å². The second-order valence-corrected chi connectivity index (χ2v) is 11.2. The third kappa shape index (κ3) is 7.58. The third-order valence-electron chi connectivity index (χ3n) is 5.71. The summed E-state index contributed by atoms with van der Waals surface area (Å²) < 4.78 is 34.0. The number of hydrogen-bond acceptors (Lipinski definition) is 4. The maximum absolute atomic E-state index is 13.5. The zero-order chi connectivity index (χ0) is 27.0. The fourth-order valence-electron chi connectivity index (χ4n) is 3.73. The molecule has 38 heavy (non-hydrogen) atoms. The van der Waals surface area contributed by atoms with Gasteiger partial charge < -0.3 is 10.1 Å². The number of benzene rings is 4. The Bertz CT molecular complexity index is 1470. The van der Waals surface area contributed by atoms with E-state index in [2.05, 4.69) is 5.32 Å². The number of hydrogen-bond donors (Lipinski definition) is 1. The van der Waals surface area contributed by atoms with Gasteiger partial charge in [0.25, 0.3) is 0 Å². The van der Waals surface area contributed by atoms with Gasteiger partial charge in [-0.05, 0) is 60.0 Å². The van der Waals surface area contributed by atoms with Crippen molar-refractivity contribution in [1.82, 2.24) is 4.31 Å². The molecule has 0 aliphatic heterocycles. The van der Waals surface area contributed by atoms with Crippen LogP contribution in [-0.2, 0) is 27.8 Å². The maximum Gasteiger partial charge on any atom is 0.245 e. The summed E-state index contributed by atoms with van der Waals surface area (Å²) in [6, 6.07) is 30.3. The van der Waals surface area contributed by atoms with Crippen LogP contribution < -0.4 is 10.1 Å². The van der Waals surface area contributed by atoms with Gasteiger partial charge in [-0.15, -0.1) is 0 Å². The summed E-state index contributed by atoms with van der Waals surface area (Å²) in [6.45, 7) is 0.103. The van der Waals surface area contributed by atoms with E-state index in [1.54, 1.807) is 24.3 Å². The summed E-state index contributed by atoms with van der Waals surface area (Å²) >= 11 is 12.3. The second-order valence-electron chi connectivity index (χ2n) is 8.50. The van der Waals surface area contributed by atoms with E-state index in [1.807, 2.05) is 60.7 Å². The quantitative estimate of drug-likeness (QED) is 0.226. The molecular weight excluding hydrogens is 543 g/mol. The first-order valence-corrected chi connectivity index (χ1v) is 14.1. The molecule has 4 aromatic rings. The highest BCUT2D eigenvalue weighted by atomic mass is 35.5. The van der Waals surface area contributed by atoms with Crippen LogP contribution in [-0.4, -0.2) is 31.7 Å². The maximum atomic E-state index is 13.5. The number of nitrogens with one attached hydrogen (secondary N) is 1. The standard InChI is InChI=1S/C29H26Cl2N2O4S/c30-24-11-16-27(31)28(19-24)38(35,36)33(18-17-22-7-3-1-4-8-22)20-29(34)32-25-12-14-26(15-13-25)37-21-23-9-5-2-6-10-23/h1-16,19H,17-18,20-21H2,(H,32,34). The van der Waals surface area contributed by atoms with Crippen LogP contribution >= 0.6 is 23.2 Å². The Balaban J connectivity index is 1.45. The third-order valence-corrected chi connectivity index (χ3v) is 8.27. The Morgan fingerprint density at radius 3 is 2.11 bits per heavy atom. The summed E-state index contributed by atoms with van der Waals surface area (Å²) in [6.07, 6.45) is 0.416. The molecular formula is C29H26Cl2N2O4S. The fraction of sp³-hybridized carbons (Fsp3) is 0.138. The molecule has 0 aromatic heterocycles. The minimum absolute atomic E-state index is 0.0330. The molecule has 0 radical (unpaired) electrons. The SMILES string of the molecule is O=C(CN(CCc1ccccc1)S(=O)(=O)c1cc(Cl)ccc1Cl)Nc1ccc(OCc2ccccc2)cc1. The van der Waals surface area contributed by atoms with Crippen molar-refractivity contribution in [1.29, 1.82) is 0 Å². The normalized spacial score (nSPS) is 11.3. The van der Waals surface area contributed by atoms with Gasteiger partial charge in [0.1, 0.15) is 17.3 Å². The van der Waals surface area contributed by atoms with Crippen LogP contribution in [0.15, 0.2) is 108 Å². The molecule has 0 bridgehead atoms. The molecule has 0 fully saturated rings. The van der Waals surface area contributed by atoms with Crippen molar-refractivity contribution in [3.8, 4) is 5.75 Å². The number of carbonyl (C=O) groups excluding carboxylic acids is 1. The van der Waals surface area contributed by atoms with E-state index in [0.717, 1.165) is 15.4 Å². The highest BCUT2D eigenvalue weighted by Gasteiger charge is 2.29. The van der Waals surface area contributed by atoms with Crippen molar-refractivity contribution in [2.24, 2.45) is 0 Å². The predicted octanol–water partition coefficient (Wildman–Crippen LogP) is 6.44. The smallest absolute Gasteiger partial charge is 0.245 e. The molecule has 4 aromatic carbocycles. The molecule has 1 N–H and O–H groups in total. The first-order chi connectivity index (χ1) is 18.3. The Morgan fingerprint density at radius 2 is 1.45 bits per heavy atom. The van der Waals surface area contributed by atoms with Crippen LogP contribution in [0.25, 0.3) is 0 Å². The Hall–Kier alpha value is -3.36. The van der Waals surface area contributed by atoms with Crippen LogP contribution in [0.5, 0.6) is 5.75 Å². The van der Waals surface area contributed by atoms with Crippen LogP contribution in [0, 0.1) is 0 Å². The van der Waals surface area contributed by atoms with Gasteiger partial charge >= 0.3 is 0 Å². The van der Waals surface area contributed by atoms with E-state index in [0.29, 0.717) is 24.5 Å². The molecule has 0 aliphatic rings. The lowest BCUT2D eigenvalue weighted by Gasteiger charge is -2.22. The summed E-state index contributed by atoms with van der Waals surface area (Å²) in [4.78, 5) is 12.8. The minimum Gasteiger partial charge on any atom is -0.489 e. The monoisotopic (exact) mass is 568 g/mol. The fourth-order valence-corrected chi connectivity index (χ4v) is 5.87. The number of rotatable bonds is 11. The number of nitrogens with zero attached hydrogens (tertiary/aromatic N) is 1. The zero-order valence-electron chi connectivity index (χ0n) is 20.4. The minimum atomic E-state index is -4.12. The molecule has 4 rings (SSSR count). The van der Waals surface area contributed by atoms with Crippen molar-refractivity contribution >= 4 is 44.8 Å². The van der Waals surface area contributed by atoms with E-state index in [-0.39, 0.29) is 21.5 Å². The molecule has 1 amide bonds. The predicted molar refractivity (Wildman–Crippen MR) is 151 cm³/mol. The van der Waals surface area contributed by atoms with Crippen molar-refractivity contribution in [2.75, 3.05) is 18.4 Å². The molecule has 9 heteroatoms. The Kier molecular flexibility index (Phi) is 9.42. The highest BCUT2D eigenvalue weighted by molar-refractivity contribution is 7.89. The van der Waals surface area contributed by atoms with Gasteiger partial charge in [0, 0.05) is 17.3 Å². The van der Waals surface area contributed by atoms with E-state index in [9.17, 15) is 13.2 Å². The topological polar surface area (TPSA) is 75.7 Å².